The Morgan fingerprint density at radius 3 is 2.50 bits per heavy atom. The van der Waals surface area contributed by atoms with Crippen molar-refractivity contribution in [1.29, 1.82) is 0 Å². The number of hydrogen-bond donors (Lipinski definition) is 2. The van der Waals surface area contributed by atoms with Crippen LogP contribution in [-0.2, 0) is 4.79 Å². The number of amides is 1. The Hall–Kier alpha value is -0.780. The van der Waals surface area contributed by atoms with E-state index < -0.39 is 31.0 Å². The summed E-state index contributed by atoms with van der Waals surface area (Å²) < 4.78 is 35.5. The van der Waals surface area contributed by atoms with Crippen molar-refractivity contribution in [2.45, 2.75) is 56.8 Å². The van der Waals surface area contributed by atoms with Crippen LogP contribution in [0, 0.1) is 0 Å². The predicted molar refractivity (Wildman–Crippen MR) is 51.7 cm³/mol. The Morgan fingerprint density at radius 1 is 1.31 bits per heavy atom. The summed E-state index contributed by atoms with van der Waals surface area (Å²) in [5.74, 6) is -0.636. The van der Waals surface area contributed by atoms with Crippen molar-refractivity contribution >= 4 is 5.91 Å². The maximum absolute atomic E-state index is 11.8. The fraction of sp³-hybridized carbons (Fsp3) is 0.900. The molecule has 0 spiro atoms. The van der Waals surface area contributed by atoms with Gasteiger partial charge >= 0.3 is 6.18 Å². The molecule has 0 bridgehead atoms. The van der Waals surface area contributed by atoms with Crippen molar-refractivity contribution < 1.29 is 23.1 Å². The largest absolute Gasteiger partial charge is 0.391 e. The van der Waals surface area contributed by atoms with E-state index in [1.165, 1.54) is 0 Å². The maximum atomic E-state index is 11.8. The molecule has 2 unspecified atom stereocenters. The lowest BCUT2D eigenvalue weighted by atomic mass is 9.92. The van der Waals surface area contributed by atoms with Crippen molar-refractivity contribution in [3.8, 4) is 0 Å². The van der Waals surface area contributed by atoms with Gasteiger partial charge in [0.2, 0.25) is 5.91 Å². The number of aliphatic hydroxyl groups excluding tert-OH is 1. The molecule has 94 valence electrons. The van der Waals surface area contributed by atoms with Gasteiger partial charge in [-0.15, -0.1) is 0 Å². The van der Waals surface area contributed by atoms with Crippen LogP contribution in [0.2, 0.25) is 0 Å². The first kappa shape index (κ1) is 13.3. The lowest BCUT2D eigenvalue weighted by Crippen LogP contribution is -2.45. The number of aliphatic hydroxyl groups is 1. The summed E-state index contributed by atoms with van der Waals surface area (Å²) in [4.78, 5) is 11.2. The molecule has 0 aliphatic heterocycles. The first-order chi connectivity index (χ1) is 7.38. The van der Waals surface area contributed by atoms with Crippen LogP contribution in [0.15, 0.2) is 0 Å². The summed E-state index contributed by atoms with van der Waals surface area (Å²) in [5.41, 5.74) is 0. The zero-order valence-electron chi connectivity index (χ0n) is 8.89. The normalized spacial score (nSPS) is 26.5. The highest BCUT2D eigenvalue weighted by atomic mass is 19.4. The number of nitrogens with one attached hydrogen (secondary N) is 1. The molecule has 0 aromatic carbocycles. The second kappa shape index (κ2) is 5.52. The fourth-order valence-electron chi connectivity index (χ4n) is 1.81. The Kier molecular flexibility index (Phi) is 4.58. The molecule has 1 rings (SSSR count). The first-order valence-corrected chi connectivity index (χ1v) is 5.42. The topological polar surface area (TPSA) is 49.3 Å². The van der Waals surface area contributed by atoms with Crippen molar-refractivity contribution in [3.63, 3.8) is 0 Å². The Labute approximate surface area is 92.0 Å². The minimum absolute atomic E-state index is 0.380. The van der Waals surface area contributed by atoms with E-state index in [9.17, 15) is 23.1 Å². The molecular weight excluding hydrogens is 223 g/mol. The highest BCUT2D eigenvalue weighted by molar-refractivity contribution is 5.76. The van der Waals surface area contributed by atoms with Crippen molar-refractivity contribution in [3.05, 3.63) is 0 Å². The quantitative estimate of drug-likeness (QED) is 0.788. The molecule has 3 nitrogen and oxygen atoms in total. The molecule has 1 fully saturated rings. The molecule has 2 N–H and O–H groups in total. The zero-order chi connectivity index (χ0) is 12.2. The molecule has 2 atom stereocenters. The second-order valence-electron chi connectivity index (χ2n) is 4.14. The molecule has 0 heterocycles. The monoisotopic (exact) mass is 239 g/mol. The van der Waals surface area contributed by atoms with Crippen LogP contribution >= 0.6 is 0 Å². The Bertz CT molecular complexity index is 243. The Morgan fingerprint density at radius 2 is 1.94 bits per heavy atom. The smallest absolute Gasteiger partial charge is 0.389 e. The third-order valence-corrected chi connectivity index (χ3v) is 2.71. The standard InChI is InChI=1S/C10H16F3NO2/c11-10(12,13)6-5-9(16)14-7-3-1-2-4-8(7)15/h7-8,15H,1-6H2,(H,14,16). The summed E-state index contributed by atoms with van der Waals surface area (Å²) in [6.45, 7) is 0. The van der Waals surface area contributed by atoms with Gasteiger partial charge in [0, 0.05) is 6.42 Å². The lowest BCUT2D eigenvalue weighted by Gasteiger charge is -2.28. The van der Waals surface area contributed by atoms with Crippen LogP contribution in [0.4, 0.5) is 13.2 Å². The highest BCUT2D eigenvalue weighted by Gasteiger charge is 2.29. The summed E-state index contributed by atoms with van der Waals surface area (Å²) in [6.07, 6.45) is -3.57. The highest BCUT2D eigenvalue weighted by Crippen LogP contribution is 2.22. The van der Waals surface area contributed by atoms with Gasteiger partial charge in [0.25, 0.3) is 0 Å². The van der Waals surface area contributed by atoms with Crippen LogP contribution in [0.3, 0.4) is 0 Å². The van der Waals surface area contributed by atoms with E-state index in [4.69, 9.17) is 0 Å². The summed E-state index contributed by atoms with van der Waals surface area (Å²) in [5, 5.41) is 12.0. The van der Waals surface area contributed by atoms with Gasteiger partial charge in [0.1, 0.15) is 0 Å². The molecule has 0 aromatic heterocycles. The van der Waals surface area contributed by atoms with Gasteiger partial charge < -0.3 is 10.4 Å². The zero-order valence-corrected chi connectivity index (χ0v) is 8.89. The SMILES string of the molecule is O=C(CCC(F)(F)F)NC1CCCCC1O. The van der Waals surface area contributed by atoms with Crippen molar-refractivity contribution in [1.82, 2.24) is 5.32 Å². The summed E-state index contributed by atoms with van der Waals surface area (Å²) in [7, 11) is 0. The molecule has 6 heteroatoms. The average molecular weight is 239 g/mol. The lowest BCUT2D eigenvalue weighted by molar-refractivity contribution is -0.144. The predicted octanol–water partition coefficient (Wildman–Crippen LogP) is 1.75. The minimum Gasteiger partial charge on any atom is -0.391 e. The fourth-order valence-corrected chi connectivity index (χ4v) is 1.81. The van der Waals surface area contributed by atoms with Gasteiger partial charge in [0.05, 0.1) is 18.6 Å². The molecule has 0 aromatic rings. The van der Waals surface area contributed by atoms with Gasteiger partial charge in [-0.3, -0.25) is 4.79 Å². The van der Waals surface area contributed by atoms with Crippen LogP contribution < -0.4 is 5.32 Å². The summed E-state index contributed by atoms with van der Waals surface area (Å²) >= 11 is 0. The van der Waals surface area contributed by atoms with Crippen molar-refractivity contribution in [2.75, 3.05) is 0 Å². The van der Waals surface area contributed by atoms with Gasteiger partial charge in [-0.2, -0.15) is 13.2 Å². The number of hydrogen-bond acceptors (Lipinski definition) is 2. The number of alkyl halides is 3. The molecular formula is C10H16F3NO2. The third-order valence-electron chi connectivity index (χ3n) is 2.71. The van der Waals surface area contributed by atoms with Gasteiger partial charge in [-0.05, 0) is 12.8 Å². The maximum Gasteiger partial charge on any atom is 0.389 e. The molecule has 0 radical (unpaired) electrons. The number of carbonyl (C=O) groups excluding carboxylic acids is 1. The van der Waals surface area contributed by atoms with E-state index in [2.05, 4.69) is 5.32 Å². The first-order valence-electron chi connectivity index (χ1n) is 5.42. The van der Waals surface area contributed by atoms with Crippen LogP contribution in [-0.4, -0.2) is 29.3 Å². The van der Waals surface area contributed by atoms with E-state index in [-0.39, 0.29) is 6.04 Å². The van der Waals surface area contributed by atoms with Gasteiger partial charge in [-0.1, -0.05) is 12.8 Å². The van der Waals surface area contributed by atoms with Crippen LogP contribution in [0.1, 0.15) is 38.5 Å². The molecule has 1 aliphatic rings. The van der Waals surface area contributed by atoms with E-state index in [1.807, 2.05) is 0 Å². The number of halogens is 3. The average Bonchev–Trinajstić information content (AvgIpc) is 2.18. The Balaban J connectivity index is 2.28. The van der Waals surface area contributed by atoms with E-state index >= 15 is 0 Å². The second-order valence-corrected chi connectivity index (χ2v) is 4.14. The number of carbonyl (C=O) groups is 1. The van der Waals surface area contributed by atoms with Gasteiger partial charge in [0.15, 0.2) is 0 Å². The van der Waals surface area contributed by atoms with Gasteiger partial charge in [-0.25, -0.2) is 0 Å². The van der Waals surface area contributed by atoms with E-state index in [0.29, 0.717) is 12.8 Å². The molecule has 1 aliphatic carbocycles. The van der Waals surface area contributed by atoms with E-state index in [0.717, 1.165) is 12.8 Å². The molecule has 1 amide bonds. The minimum atomic E-state index is -4.30. The molecule has 1 saturated carbocycles. The van der Waals surface area contributed by atoms with Crippen LogP contribution in [0.25, 0.3) is 0 Å². The van der Waals surface area contributed by atoms with Crippen LogP contribution in [0.5, 0.6) is 0 Å². The summed E-state index contributed by atoms with van der Waals surface area (Å²) in [6, 6.07) is -0.380. The molecule has 0 saturated heterocycles. The van der Waals surface area contributed by atoms with E-state index in [1.54, 1.807) is 0 Å². The number of rotatable bonds is 3. The molecule has 16 heavy (non-hydrogen) atoms. The van der Waals surface area contributed by atoms with Crippen molar-refractivity contribution in [2.24, 2.45) is 0 Å². The third kappa shape index (κ3) is 4.83.